The fraction of sp³-hybridized carbons (Fsp3) is 0.372. The average molecular weight is 1600 g/mol. The van der Waals surface area contributed by atoms with Gasteiger partial charge in [0, 0.05) is 106 Å². The van der Waals surface area contributed by atoms with Crippen molar-refractivity contribution in [2.24, 2.45) is 17.3 Å². The van der Waals surface area contributed by atoms with Crippen molar-refractivity contribution >= 4 is 58.3 Å². The fourth-order valence-corrected chi connectivity index (χ4v) is 15.4. The molecule has 0 saturated carbocycles. The van der Waals surface area contributed by atoms with E-state index in [1.54, 1.807) is 101 Å². The minimum absolute atomic E-state index is 0.0112. The van der Waals surface area contributed by atoms with Gasteiger partial charge in [0.1, 0.15) is 52.1 Å². The lowest BCUT2D eigenvalue weighted by Crippen LogP contribution is -2.55. The Bertz CT molecular complexity index is 5640. The number of methoxy groups -OCH3 is 1. The number of benzene rings is 4. The molecule has 1 N–H and O–H groups in total. The van der Waals surface area contributed by atoms with Crippen LogP contribution in [0.1, 0.15) is 130 Å². The number of carbonyl (C=O) groups is 6. The third-order valence-electron chi connectivity index (χ3n) is 21.8. The average Bonchev–Trinajstić information content (AvgIpc) is 1.69. The van der Waals surface area contributed by atoms with Gasteiger partial charge >= 0.3 is 12.1 Å². The molecule has 0 radical (unpaired) electrons. The second kappa shape index (κ2) is 35.4. The molecule has 12 aromatic rings. The van der Waals surface area contributed by atoms with Crippen LogP contribution in [0.3, 0.4) is 0 Å². The van der Waals surface area contributed by atoms with E-state index in [1.165, 1.54) is 55.6 Å². The number of esters is 1. The summed E-state index contributed by atoms with van der Waals surface area (Å²) >= 11 is 0. The summed E-state index contributed by atoms with van der Waals surface area (Å²) in [6.45, 7) is 20.9. The molecule has 0 unspecified atom stereocenters. The number of rotatable bonds is 13. The summed E-state index contributed by atoms with van der Waals surface area (Å²) in [5.74, 6) is -2.09. The van der Waals surface area contributed by atoms with Crippen LogP contribution in [-0.4, -0.2) is 212 Å². The maximum absolute atomic E-state index is 13.2. The van der Waals surface area contributed by atoms with Crippen molar-refractivity contribution < 1.29 is 65.3 Å². The van der Waals surface area contributed by atoms with Gasteiger partial charge in [0.05, 0.1) is 79.9 Å². The van der Waals surface area contributed by atoms with Gasteiger partial charge < -0.3 is 43.9 Å². The Balaban J connectivity index is 0.000000128. The van der Waals surface area contributed by atoms with Crippen LogP contribution in [-0.2, 0) is 23.7 Å². The smallest absolute Gasteiger partial charge is 0.407 e. The number of aromatic nitrogens is 12. The minimum atomic E-state index is -0.425. The molecule has 117 heavy (non-hydrogen) atoms. The lowest BCUT2D eigenvalue weighted by atomic mass is 9.78. The number of aryl methyl sites for hydroxylation is 4. The van der Waals surface area contributed by atoms with Crippen LogP contribution in [0.15, 0.2) is 146 Å². The van der Waals surface area contributed by atoms with Crippen molar-refractivity contribution in [2.75, 3.05) is 85.8 Å². The number of hydrogen-bond acceptors (Lipinski definition) is 18. The molecule has 0 aliphatic carbocycles. The molecule has 4 aromatic carbocycles. The molecule has 17 rings (SSSR count). The third-order valence-corrected chi connectivity index (χ3v) is 21.8. The first kappa shape index (κ1) is 81.2. The lowest BCUT2D eigenvalue weighted by molar-refractivity contribution is -0.148. The van der Waals surface area contributed by atoms with E-state index in [9.17, 15) is 46.3 Å². The maximum Gasteiger partial charge on any atom is 0.407 e. The van der Waals surface area contributed by atoms with Crippen molar-refractivity contribution in [3.8, 4) is 45.0 Å². The van der Waals surface area contributed by atoms with Crippen LogP contribution in [0.25, 0.3) is 67.6 Å². The first-order valence-electron chi connectivity index (χ1n) is 39.3. The van der Waals surface area contributed by atoms with Gasteiger partial charge in [-0.2, -0.15) is 20.4 Å². The number of imidazole rings is 4. The summed E-state index contributed by atoms with van der Waals surface area (Å²) in [6.07, 6.45) is 11.8. The van der Waals surface area contributed by atoms with Crippen LogP contribution < -0.4 is 5.32 Å². The summed E-state index contributed by atoms with van der Waals surface area (Å²) in [7, 11) is 1.39. The van der Waals surface area contributed by atoms with E-state index in [0.29, 0.717) is 140 Å². The molecule has 608 valence electrons. The van der Waals surface area contributed by atoms with Crippen molar-refractivity contribution in [3.63, 3.8) is 0 Å². The molecule has 5 amide bonds. The van der Waals surface area contributed by atoms with Crippen LogP contribution in [0, 0.1) is 68.2 Å². The Labute approximate surface area is 671 Å². The predicted molar refractivity (Wildman–Crippen MR) is 426 cm³/mol. The SMILES string of the molecule is CCNC(=O)OC1CCN(C(=O)c2cn3nc(-c4ccc(F)cc4)cc(C)c3n2)CC1.CCOC1CCN(C(=O)c2cn3nc(-c4ccc(F)cc4)cc(C)c3n2)CC1.COC(=O)[C@@H]1CCN(C(=O)c2cn3nc(-c4ccc(F)cc4)cc(C)c3n2)C[C@@H]1C.Cc1cc(-c2ccc(F)cc2)nn2cc(C(=O)N3CCCC4(COC4)C3)nc12. The number of carbonyl (C=O) groups excluding carboxylic acids is 6. The van der Waals surface area contributed by atoms with Crippen LogP contribution in [0.4, 0.5) is 22.4 Å². The van der Waals surface area contributed by atoms with Gasteiger partial charge in [0.15, 0.2) is 22.6 Å². The van der Waals surface area contributed by atoms with Gasteiger partial charge in [0.25, 0.3) is 23.6 Å². The Morgan fingerprint density at radius 2 is 0.812 bits per heavy atom. The molecule has 0 bridgehead atoms. The Kier molecular flexibility index (Phi) is 24.6. The highest BCUT2D eigenvalue weighted by Crippen LogP contribution is 2.38. The van der Waals surface area contributed by atoms with Crippen LogP contribution in [0.2, 0.25) is 0 Å². The summed E-state index contributed by atoms with van der Waals surface area (Å²) in [6, 6.07) is 32.2. The highest BCUT2D eigenvalue weighted by molar-refractivity contribution is 5.95. The van der Waals surface area contributed by atoms with E-state index in [4.69, 9.17) is 18.9 Å². The molecule has 5 aliphatic rings. The Morgan fingerprint density at radius 1 is 0.470 bits per heavy atom. The molecule has 2 atom stereocenters. The zero-order chi connectivity index (χ0) is 82.3. The maximum atomic E-state index is 13.2. The van der Waals surface area contributed by atoms with Gasteiger partial charge in [-0.05, 0) is 223 Å². The molecule has 27 nitrogen and oxygen atoms in total. The van der Waals surface area contributed by atoms with Gasteiger partial charge in [-0.1, -0.05) is 6.92 Å². The number of amides is 5. The second-order valence-electron chi connectivity index (χ2n) is 30.3. The molecule has 5 fully saturated rings. The zero-order valence-corrected chi connectivity index (χ0v) is 66.4. The quantitative estimate of drug-likeness (QED) is 0.0829. The molecular weight excluding hydrogens is 1510 g/mol. The number of ether oxygens (including phenoxy) is 4. The topological polar surface area (TPSA) is 285 Å². The highest BCUT2D eigenvalue weighted by Gasteiger charge is 2.44. The second-order valence-corrected chi connectivity index (χ2v) is 30.3. The van der Waals surface area contributed by atoms with E-state index < -0.39 is 6.09 Å². The largest absolute Gasteiger partial charge is 0.469 e. The lowest BCUT2D eigenvalue weighted by Gasteiger charge is -2.48. The highest BCUT2D eigenvalue weighted by atomic mass is 19.1. The van der Waals surface area contributed by atoms with Gasteiger partial charge in [-0.15, -0.1) is 0 Å². The van der Waals surface area contributed by atoms with Gasteiger partial charge in [-0.3, -0.25) is 24.0 Å². The predicted octanol–water partition coefficient (Wildman–Crippen LogP) is 12.9. The zero-order valence-electron chi connectivity index (χ0n) is 66.4. The van der Waals surface area contributed by atoms with Gasteiger partial charge in [-0.25, -0.2) is 60.4 Å². The minimum Gasteiger partial charge on any atom is -0.469 e. The first-order valence-corrected chi connectivity index (χ1v) is 39.3. The van der Waals surface area contributed by atoms with Crippen LogP contribution >= 0.6 is 0 Å². The number of halogens is 4. The summed E-state index contributed by atoms with van der Waals surface area (Å²) in [5.41, 5.74) is 13.6. The van der Waals surface area contributed by atoms with Crippen molar-refractivity contribution in [1.29, 1.82) is 0 Å². The summed E-state index contributed by atoms with van der Waals surface area (Å²) in [5, 5.41) is 20.8. The number of alkyl carbamates (subject to hydrolysis) is 1. The summed E-state index contributed by atoms with van der Waals surface area (Å²) < 4.78 is 80.5. The van der Waals surface area contributed by atoms with E-state index >= 15 is 0 Å². The molecule has 31 heteroatoms. The number of piperidine rings is 4. The Morgan fingerprint density at radius 3 is 1.14 bits per heavy atom. The van der Waals surface area contributed by atoms with E-state index in [2.05, 4.69) is 45.6 Å². The van der Waals surface area contributed by atoms with E-state index in [1.807, 2.05) is 82.5 Å². The molecule has 1 spiro atoms. The summed E-state index contributed by atoms with van der Waals surface area (Å²) in [4.78, 5) is 101. The van der Waals surface area contributed by atoms with Crippen molar-refractivity contribution in [1.82, 2.24) is 83.3 Å². The van der Waals surface area contributed by atoms with E-state index in [0.717, 1.165) is 96.5 Å². The Hall–Kier alpha value is -12.4. The third kappa shape index (κ3) is 18.5. The standard InChI is InChI=1S/C22H24FN5O3.C22H23FN4O3.C21H21FN4O2.C21H23FN4O2/c1-3-24-22(30)31-17-8-10-27(11-9-17)21(29)19-13-28-20(25-19)14(2)12-18(26-28)15-4-6-16(23)7-5-15;1-13-10-18(15-4-6-16(23)7-5-15)25-27-12-19(24-20(13)27)21(28)26-9-8-17(14(2)11-26)22(29)30-3;1-14-9-17(15-3-5-16(22)6-4-15)24-26-10-18(23-19(14)26)20(27)25-8-2-7-21(11-25)12-28-13-21;1-3-28-17-8-10-25(11-9-17)21(27)19-13-26-20(23-19)14(2)12-18(24-26)15-4-6-16(22)7-5-15/h4-7,12-13,17H,3,8-11H2,1-2H3,(H,24,30);4-7,10,12,14,17H,8-9,11H2,1-3H3;3-6,9-10H,2,7-8,11-13H2,1H3;4-7,12-13,17H,3,8-11H2,1-2H3/t;14-,17+;;/m.0../s1. The molecule has 13 heterocycles. The number of hydrogen-bond donors (Lipinski definition) is 1. The molecule has 5 saturated heterocycles. The molecule has 5 aliphatic heterocycles. The molecule has 8 aromatic heterocycles. The fourth-order valence-electron chi connectivity index (χ4n) is 15.4. The van der Waals surface area contributed by atoms with Crippen molar-refractivity contribution in [3.05, 3.63) is 214 Å². The monoisotopic (exact) mass is 1600 g/mol. The van der Waals surface area contributed by atoms with Gasteiger partial charge in [0.2, 0.25) is 0 Å². The van der Waals surface area contributed by atoms with Crippen LogP contribution in [0.5, 0.6) is 0 Å². The van der Waals surface area contributed by atoms with E-state index in [-0.39, 0.29) is 82.3 Å². The van der Waals surface area contributed by atoms with Crippen molar-refractivity contribution in [2.45, 2.75) is 106 Å². The first-order chi connectivity index (χ1) is 56.4. The molecular formula is C86H91F4N17O10. The number of likely N-dealkylation sites (tertiary alicyclic amines) is 4. The number of fused-ring (bicyclic) bond motifs is 4. The normalized spacial score (nSPS) is 16.9. The number of nitrogens with one attached hydrogen (secondary N) is 1. The number of nitrogens with zero attached hydrogens (tertiary/aromatic N) is 16.